The number of aryl methyl sites for hydroxylation is 1. The molecule has 1 heterocycles. The number of hydrogen-bond donors (Lipinski definition) is 1. The summed E-state index contributed by atoms with van der Waals surface area (Å²) >= 11 is 5.92. The molecular formula is C20H17ClN2O2. The number of anilines is 1. The van der Waals surface area contributed by atoms with Gasteiger partial charge in [-0.15, -0.1) is 0 Å². The van der Waals surface area contributed by atoms with Gasteiger partial charge in [-0.05, 0) is 56.2 Å². The maximum absolute atomic E-state index is 12.8. The highest BCUT2D eigenvalue weighted by Gasteiger charge is 2.53. The summed E-state index contributed by atoms with van der Waals surface area (Å²) in [5, 5.41) is 7.81. The number of benzene rings is 2. The number of amides is 1. The first-order chi connectivity index (χ1) is 12.1. The summed E-state index contributed by atoms with van der Waals surface area (Å²) in [7, 11) is 0. The van der Waals surface area contributed by atoms with Gasteiger partial charge < -0.3 is 9.84 Å². The van der Waals surface area contributed by atoms with Crippen LogP contribution in [0.15, 0.2) is 59.1 Å². The first kappa shape index (κ1) is 15.9. The minimum Gasteiger partial charge on any atom is -0.356 e. The monoisotopic (exact) mass is 352 g/mol. The van der Waals surface area contributed by atoms with Crippen molar-refractivity contribution in [3.8, 4) is 11.3 Å². The van der Waals surface area contributed by atoms with Crippen LogP contribution in [0.3, 0.4) is 0 Å². The molecule has 4 nitrogen and oxygen atoms in total. The lowest BCUT2D eigenvalue weighted by molar-refractivity contribution is -0.118. The maximum atomic E-state index is 12.8. The van der Waals surface area contributed by atoms with Gasteiger partial charge in [0.05, 0.1) is 11.1 Å². The van der Waals surface area contributed by atoms with Gasteiger partial charge in [-0.3, -0.25) is 4.79 Å². The second kappa shape index (κ2) is 6.05. The molecule has 0 atom stereocenters. The Bertz CT molecular complexity index is 910. The number of nitrogens with zero attached hydrogens (tertiary/aromatic N) is 1. The van der Waals surface area contributed by atoms with Crippen molar-refractivity contribution in [1.29, 1.82) is 0 Å². The number of rotatable bonds is 4. The number of carbonyl (C=O) groups excluding carboxylic acids is 1. The Morgan fingerprint density at radius 3 is 2.44 bits per heavy atom. The van der Waals surface area contributed by atoms with Crippen molar-refractivity contribution < 1.29 is 9.32 Å². The average Bonchev–Trinajstić information content (AvgIpc) is 3.28. The van der Waals surface area contributed by atoms with E-state index in [0.717, 1.165) is 29.7 Å². The molecule has 0 bridgehead atoms. The van der Waals surface area contributed by atoms with Gasteiger partial charge in [-0.2, -0.15) is 0 Å². The van der Waals surface area contributed by atoms with Crippen LogP contribution < -0.4 is 5.32 Å². The van der Waals surface area contributed by atoms with Gasteiger partial charge >= 0.3 is 0 Å². The predicted octanol–water partition coefficient (Wildman–Crippen LogP) is 4.97. The minimum absolute atomic E-state index is 0.0349. The second-order valence-corrected chi connectivity index (χ2v) is 6.92. The van der Waals surface area contributed by atoms with E-state index in [9.17, 15) is 4.79 Å². The first-order valence-electron chi connectivity index (χ1n) is 8.18. The molecule has 1 aliphatic carbocycles. The normalized spacial score (nSPS) is 15.0. The summed E-state index contributed by atoms with van der Waals surface area (Å²) in [6.45, 7) is 2.02. The average molecular weight is 353 g/mol. The van der Waals surface area contributed by atoms with Crippen LogP contribution in [0.5, 0.6) is 0 Å². The third-order valence-electron chi connectivity index (χ3n) is 4.62. The van der Waals surface area contributed by atoms with E-state index in [1.165, 1.54) is 0 Å². The van der Waals surface area contributed by atoms with Crippen LogP contribution in [-0.4, -0.2) is 11.1 Å². The molecule has 1 amide bonds. The molecule has 1 fully saturated rings. The number of aromatic nitrogens is 1. The predicted molar refractivity (Wildman–Crippen MR) is 97.7 cm³/mol. The lowest BCUT2D eigenvalue weighted by Gasteiger charge is -2.12. The smallest absolute Gasteiger partial charge is 0.236 e. The highest BCUT2D eigenvalue weighted by atomic mass is 35.5. The first-order valence-corrected chi connectivity index (χ1v) is 8.56. The van der Waals surface area contributed by atoms with Crippen molar-refractivity contribution in [3.63, 3.8) is 0 Å². The van der Waals surface area contributed by atoms with Crippen LogP contribution in [0, 0.1) is 6.92 Å². The van der Waals surface area contributed by atoms with Crippen molar-refractivity contribution in [2.75, 3.05) is 5.32 Å². The number of carbonyl (C=O) groups is 1. The molecule has 0 unspecified atom stereocenters. The van der Waals surface area contributed by atoms with Crippen molar-refractivity contribution in [2.24, 2.45) is 0 Å². The quantitative estimate of drug-likeness (QED) is 0.720. The zero-order valence-electron chi connectivity index (χ0n) is 13.8. The fourth-order valence-corrected chi connectivity index (χ4v) is 2.99. The molecule has 1 aromatic heterocycles. The van der Waals surface area contributed by atoms with Crippen molar-refractivity contribution >= 4 is 23.2 Å². The van der Waals surface area contributed by atoms with Gasteiger partial charge in [0.1, 0.15) is 0 Å². The van der Waals surface area contributed by atoms with Crippen molar-refractivity contribution in [1.82, 2.24) is 5.16 Å². The number of nitrogens with one attached hydrogen (secondary N) is 1. The molecular weight excluding hydrogens is 336 g/mol. The topological polar surface area (TPSA) is 55.1 Å². The fourth-order valence-electron chi connectivity index (χ4n) is 2.86. The van der Waals surface area contributed by atoms with Gasteiger partial charge in [-0.1, -0.05) is 34.5 Å². The van der Waals surface area contributed by atoms with E-state index in [1.54, 1.807) is 12.1 Å². The van der Waals surface area contributed by atoms with Crippen LogP contribution in [0.4, 0.5) is 5.69 Å². The summed E-state index contributed by atoms with van der Waals surface area (Å²) in [4.78, 5) is 12.8. The molecule has 25 heavy (non-hydrogen) atoms. The van der Waals surface area contributed by atoms with E-state index in [-0.39, 0.29) is 5.91 Å². The summed E-state index contributed by atoms with van der Waals surface area (Å²) in [6.07, 6.45) is 1.55. The SMILES string of the molecule is Cc1ccc(NC(=O)C2(c3cc(-c4ccc(Cl)cc4)on3)CC2)cc1. The van der Waals surface area contributed by atoms with Gasteiger partial charge in [0.15, 0.2) is 5.76 Å². The van der Waals surface area contributed by atoms with E-state index in [2.05, 4.69) is 10.5 Å². The molecule has 4 rings (SSSR count). The summed E-state index contributed by atoms with van der Waals surface area (Å²) in [5.74, 6) is 0.605. The van der Waals surface area contributed by atoms with E-state index in [1.807, 2.05) is 49.4 Å². The molecule has 3 aromatic rings. The second-order valence-electron chi connectivity index (χ2n) is 6.49. The summed E-state index contributed by atoms with van der Waals surface area (Å²) in [5.41, 5.74) is 2.94. The maximum Gasteiger partial charge on any atom is 0.236 e. The lowest BCUT2D eigenvalue weighted by atomic mass is 10.00. The third-order valence-corrected chi connectivity index (χ3v) is 4.88. The van der Waals surface area contributed by atoms with E-state index >= 15 is 0 Å². The Morgan fingerprint density at radius 2 is 1.80 bits per heavy atom. The highest BCUT2D eigenvalue weighted by molar-refractivity contribution is 6.30. The zero-order chi connectivity index (χ0) is 17.4. The molecule has 2 aromatic carbocycles. The van der Waals surface area contributed by atoms with Crippen LogP contribution >= 0.6 is 11.6 Å². The Balaban J connectivity index is 1.55. The molecule has 0 aliphatic heterocycles. The lowest BCUT2D eigenvalue weighted by Crippen LogP contribution is -2.28. The largest absolute Gasteiger partial charge is 0.356 e. The van der Waals surface area contributed by atoms with Gasteiger partial charge in [0.2, 0.25) is 5.91 Å². The molecule has 0 saturated heterocycles. The van der Waals surface area contributed by atoms with E-state index in [0.29, 0.717) is 16.5 Å². The van der Waals surface area contributed by atoms with Crippen LogP contribution in [0.25, 0.3) is 11.3 Å². The highest BCUT2D eigenvalue weighted by Crippen LogP contribution is 2.49. The molecule has 1 N–H and O–H groups in total. The Labute approximate surface area is 150 Å². The van der Waals surface area contributed by atoms with E-state index < -0.39 is 5.41 Å². The third kappa shape index (κ3) is 3.05. The summed E-state index contributed by atoms with van der Waals surface area (Å²) < 4.78 is 5.46. The van der Waals surface area contributed by atoms with Crippen LogP contribution in [-0.2, 0) is 10.2 Å². The summed E-state index contributed by atoms with van der Waals surface area (Å²) in [6, 6.07) is 17.0. The standard InChI is InChI=1S/C20H17ClN2O2/c1-13-2-8-16(9-3-13)22-19(24)20(10-11-20)18-12-17(25-23-18)14-4-6-15(21)7-5-14/h2-9,12H,10-11H2,1H3,(H,22,24). The molecule has 5 heteroatoms. The van der Waals surface area contributed by atoms with Crippen molar-refractivity contribution in [2.45, 2.75) is 25.2 Å². The number of hydrogen-bond acceptors (Lipinski definition) is 3. The molecule has 126 valence electrons. The van der Waals surface area contributed by atoms with E-state index in [4.69, 9.17) is 16.1 Å². The number of halogens is 1. The molecule has 1 aliphatic rings. The van der Waals surface area contributed by atoms with Crippen LogP contribution in [0.1, 0.15) is 24.1 Å². The van der Waals surface area contributed by atoms with Gasteiger partial charge in [0, 0.05) is 22.3 Å². The van der Waals surface area contributed by atoms with Gasteiger partial charge in [-0.25, -0.2) is 0 Å². The molecule has 0 radical (unpaired) electrons. The Hall–Kier alpha value is -2.59. The Morgan fingerprint density at radius 1 is 1.12 bits per heavy atom. The minimum atomic E-state index is -0.584. The fraction of sp³-hybridized carbons (Fsp3) is 0.200. The zero-order valence-corrected chi connectivity index (χ0v) is 14.5. The van der Waals surface area contributed by atoms with Crippen LogP contribution in [0.2, 0.25) is 5.02 Å². The van der Waals surface area contributed by atoms with Gasteiger partial charge in [0.25, 0.3) is 0 Å². The molecule has 1 saturated carbocycles. The van der Waals surface area contributed by atoms with Crippen molar-refractivity contribution in [3.05, 3.63) is 70.9 Å². The molecule has 0 spiro atoms. The Kier molecular flexibility index (Phi) is 3.85.